The molecular weight excluding hydrogens is 397 g/mol. The molecule has 2 N–H and O–H groups in total. The zero-order chi connectivity index (χ0) is 22.4. The van der Waals surface area contributed by atoms with Crippen molar-refractivity contribution in [1.82, 2.24) is 10.2 Å². The standard InChI is InChI=1S/C24H30FN3O3/c1-16-4-9-20(15-22(16)31-3)26-24(30)21(14-17-10-12-28(2)13-11-17)27-23(29)18-5-7-19(25)8-6-18/h4-9,15,17,21H,10-14H2,1-3H3,(H,26,30)(H,27,29)/t21-/m0/s1. The van der Waals surface area contributed by atoms with Gasteiger partial charge in [0.15, 0.2) is 0 Å². The predicted octanol–water partition coefficient (Wildman–Crippen LogP) is 3.61. The lowest BCUT2D eigenvalue weighted by atomic mass is 9.90. The lowest BCUT2D eigenvalue weighted by molar-refractivity contribution is -0.118. The SMILES string of the molecule is COc1cc(NC(=O)[C@H](CC2CCN(C)CC2)NC(=O)c2ccc(F)cc2)ccc1C. The van der Waals surface area contributed by atoms with Crippen molar-refractivity contribution in [3.63, 3.8) is 0 Å². The fourth-order valence-corrected chi connectivity index (χ4v) is 3.83. The third-order valence-electron chi connectivity index (χ3n) is 5.81. The molecule has 0 aliphatic carbocycles. The summed E-state index contributed by atoms with van der Waals surface area (Å²) in [7, 11) is 3.67. The number of halogens is 1. The second-order valence-corrected chi connectivity index (χ2v) is 8.19. The van der Waals surface area contributed by atoms with Crippen LogP contribution < -0.4 is 15.4 Å². The average Bonchev–Trinajstić information content (AvgIpc) is 2.76. The predicted molar refractivity (Wildman–Crippen MR) is 119 cm³/mol. The van der Waals surface area contributed by atoms with Crippen molar-refractivity contribution in [2.45, 2.75) is 32.2 Å². The van der Waals surface area contributed by atoms with Crippen LogP contribution in [0.15, 0.2) is 42.5 Å². The molecule has 1 heterocycles. The normalized spacial score (nSPS) is 15.9. The fraction of sp³-hybridized carbons (Fsp3) is 0.417. The number of aryl methyl sites for hydroxylation is 1. The van der Waals surface area contributed by atoms with Crippen molar-refractivity contribution in [2.24, 2.45) is 5.92 Å². The van der Waals surface area contributed by atoms with E-state index in [9.17, 15) is 14.0 Å². The first-order valence-corrected chi connectivity index (χ1v) is 10.6. The molecule has 1 atom stereocenters. The van der Waals surface area contributed by atoms with E-state index in [0.29, 0.717) is 29.3 Å². The third kappa shape index (κ3) is 6.28. The van der Waals surface area contributed by atoms with E-state index in [2.05, 4.69) is 22.6 Å². The highest BCUT2D eigenvalue weighted by molar-refractivity contribution is 6.01. The van der Waals surface area contributed by atoms with Gasteiger partial charge < -0.3 is 20.3 Å². The van der Waals surface area contributed by atoms with Crippen molar-refractivity contribution >= 4 is 17.5 Å². The van der Waals surface area contributed by atoms with E-state index in [1.54, 1.807) is 13.2 Å². The van der Waals surface area contributed by atoms with Crippen LogP contribution in [0, 0.1) is 18.7 Å². The summed E-state index contributed by atoms with van der Waals surface area (Å²) in [6, 6.07) is 10.1. The molecule has 1 aliphatic rings. The van der Waals surface area contributed by atoms with Gasteiger partial charge in [0.1, 0.15) is 17.6 Å². The van der Waals surface area contributed by atoms with Crippen molar-refractivity contribution in [3.05, 3.63) is 59.4 Å². The molecule has 1 saturated heterocycles. The average molecular weight is 428 g/mol. The molecule has 2 aromatic rings. The Hall–Kier alpha value is -2.93. The molecule has 3 rings (SSSR count). The van der Waals surface area contributed by atoms with Crippen molar-refractivity contribution in [1.29, 1.82) is 0 Å². The fourth-order valence-electron chi connectivity index (χ4n) is 3.83. The topological polar surface area (TPSA) is 70.7 Å². The number of ether oxygens (including phenoxy) is 1. The van der Waals surface area contributed by atoms with Gasteiger partial charge in [-0.1, -0.05) is 6.07 Å². The van der Waals surface area contributed by atoms with Gasteiger partial charge in [0.2, 0.25) is 5.91 Å². The van der Waals surface area contributed by atoms with E-state index in [4.69, 9.17) is 4.74 Å². The Kier molecular flexibility index (Phi) is 7.63. The van der Waals surface area contributed by atoms with Gasteiger partial charge in [0, 0.05) is 17.3 Å². The maximum absolute atomic E-state index is 13.2. The number of nitrogens with one attached hydrogen (secondary N) is 2. The van der Waals surface area contributed by atoms with Crippen LogP contribution in [0.3, 0.4) is 0 Å². The van der Waals surface area contributed by atoms with Gasteiger partial charge in [-0.2, -0.15) is 0 Å². The highest BCUT2D eigenvalue weighted by Gasteiger charge is 2.27. The minimum Gasteiger partial charge on any atom is -0.496 e. The number of amides is 2. The van der Waals surface area contributed by atoms with Crippen LogP contribution in [0.25, 0.3) is 0 Å². The second kappa shape index (κ2) is 10.4. The van der Waals surface area contributed by atoms with E-state index in [1.807, 2.05) is 19.1 Å². The van der Waals surface area contributed by atoms with Crippen molar-refractivity contribution in [2.75, 3.05) is 32.6 Å². The summed E-state index contributed by atoms with van der Waals surface area (Å²) >= 11 is 0. The van der Waals surface area contributed by atoms with Gasteiger partial charge in [-0.05, 0) is 88.1 Å². The first-order chi connectivity index (χ1) is 14.9. The minimum atomic E-state index is -0.696. The molecule has 0 spiro atoms. The lowest BCUT2D eigenvalue weighted by Crippen LogP contribution is -2.46. The Bertz CT molecular complexity index is 909. The van der Waals surface area contributed by atoms with Gasteiger partial charge in [0.05, 0.1) is 7.11 Å². The molecule has 7 heteroatoms. The van der Waals surface area contributed by atoms with Crippen LogP contribution >= 0.6 is 0 Å². The molecular formula is C24H30FN3O3. The minimum absolute atomic E-state index is 0.278. The monoisotopic (exact) mass is 427 g/mol. The largest absolute Gasteiger partial charge is 0.496 e. The van der Waals surface area contributed by atoms with Gasteiger partial charge >= 0.3 is 0 Å². The summed E-state index contributed by atoms with van der Waals surface area (Å²) in [4.78, 5) is 28.1. The maximum atomic E-state index is 13.2. The molecule has 6 nitrogen and oxygen atoms in total. The molecule has 0 aromatic heterocycles. The summed E-state index contributed by atoms with van der Waals surface area (Å²) < 4.78 is 18.5. The first kappa shape index (κ1) is 22.7. The van der Waals surface area contributed by atoms with Crippen LogP contribution in [0.1, 0.15) is 35.2 Å². The van der Waals surface area contributed by atoms with Crippen LogP contribution in [0.2, 0.25) is 0 Å². The Labute approximate surface area is 182 Å². The van der Waals surface area contributed by atoms with Gasteiger partial charge in [-0.15, -0.1) is 0 Å². The number of hydrogen-bond donors (Lipinski definition) is 2. The number of carbonyl (C=O) groups is 2. The first-order valence-electron chi connectivity index (χ1n) is 10.6. The number of nitrogens with zero attached hydrogens (tertiary/aromatic N) is 1. The van der Waals surface area contributed by atoms with Crippen LogP contribution in [-0.4, -0.2) is 50.0 Å². The number of methoxy groups -OCH3 is 1. The zero-order valence-corrected chi connectivity index (χ0v) is 18.3. The van der Waals surface area contributed by atoms with E-state index in [0.717, 1.165) is 31.5 Å². The van der Waals surface area contributed by atoms with E-state index in [1.165, 1.54) is 24.3 Å². The molecule has 1 fully saturated rings. The summed E-state index contributed by atoms with van der Waals surface area (Å²) in [6.07, 6.45) is 2.51. The van der Waals surface area contributed by atoms with E-state index < -0.39 is 17.8 Å². The molecule has 1 aliphatic heterocycles. The number of piperidine rings is 1. The number of anilines is 1. The van der Waals surface area contributed by atoms with Crippen LogP contribution in [0.5, 0.6) is 5.75 Å². The Morgan fingerprint density at radius 1 is 1.16 bits per heavy atom. The van der Waals surface area contributed by atoms with Crippen molar-refractivity contribution in [3.8, 4) is 5.75 Å². The third-order valence-corrected chi connectivity index (χ3v) is 5.81. The van der Waals surface area contributed by atoms with E-state index >= 15 is 0 Å². The lowest BCUT2D eigenvalue weighted by Gasteiger charge is -2.31. The van der Waals surface area contributed by atoms with Gasteiger partial charge in [-0.25, -0.2) is 4.39 Å². The number of likely N-dealkylation sites (tertiary alicyclic amines) is 1. The van der Waals surface area contributed by atoms with Crippen LogP contribution in [0.4, 0.5) is 10.1 Å². The highest BCUT2D eigenvalue weighted by atomic mass is 19.1. The Morgan fingerprint density at radius 2 is 1.84 bits per heavy atom. The number of carbonyl (C=O) groups excluding carboxylic acids is 2. The Morgan fingerprint density at radius 3 is 2.48 bits per heavy atom. The van der Waals surface area contributed by atoms with Gasteiger partial charge in [0.25, 0.3) is 5.91 Å². The molecule has 0 bridgehead atoms. The molecule has 2 aromatic carbocycles. The molecule has 31 heavy (non-hydrogen) atoms. The number of hydrogen-bond acceptors (Lipinski definition) is 4. The number of benzene rings is 2. The smallest absolute Gasteiger partial charge is 0.251 e. The summed E-state index contributed by atoms with van der Waals surface area (Å²) in [5, 5.41) is 5.76. The second-order valence-electron chi connectivity index (χ2n) is 8.19. The van der Waals surface area contributed by atoms with Crippen molar-refractivity contribution < 1.29 is 18.7 Å². The Balaban J connectivity index is 1.74. The van der Waals surface area contributed by atoms with Crippen LogP contribution in [-0.2, 0) is 4.79 Å². The summed E-state index contributed by atoms with van der Waals surface area (Å²) in [6.45, 7) is 3.87. The number of rotatable bonds is 7. The molecule has 0 unspecified atom stereocenters. The summed E-state index contributed by atoms with van der Waals surface area (Å²) in [5.41, 5.74) is 1.89. The molecule has 0 radical (unpaired) electrons. The quantitative estimate of drug-likeness (QED) is 0.708. The molecule has 0 saturated carbocycles. The van der Waals surface area contributed by atoms with E-state index in [-0.39, 0.29) is 5.91 Å². The van der Waals surface area contributed by atoms with Gasteiger partial charge in [-0.3, -0.25) is 9.59 Å². The highest BCUT2D eigenvalue weighted by Crippen LogP contribution is 2.24. The molecule has 2 amide bonds. The summed E-state index contributed by atoms with van der Waals surface area (Å²) in [5.74, 6) is -0.0617. The maximum Gasteiger partial charge on any atom is 0.251 e. The molecule has 166 valence electrons. The zero-order valence-electron chi connectivity index (χ0n) is 18.3.